The summed E-state index contributed by atoms with van der Waals surface area (Å²) in [6, 6.07) is 28.8. The van der Waals surface area contributed by atoms with Crippen molar-refractivity contribution in [2.45, 2.75) is 69.0 Å². The van der Waals surface area contributed by atoms with Gasteiger partial charge in [-0.15, -0.1) is 0 Å². The molecule has 0 aliphatic heterocycles. The van der Waals surface area contributed by atoms with E-state index in [1.54, 1.807) is 30.3 Å². The average molecular weight is 693 g/mol. The quantitative estimate of drug-likeness (QED) is 0.166. The standard InChI is InChI=1S/C37H39Cl2N3O4S/c1-27-14-11-12-17-29(27)25-41(34(24-28-15-5-2-6-16-28)37(44)40-30-18-7-3-8-19-30)35(43)26-42(33-23-13-22-32(38)36(33)39)47(45,46)31-20-9-4-10-21-31/h2,4-6,9-17,20-23,30,34H,3,7-8,18-19,24-26H2,1H3,(H,40,44). The van der Waals surface area contributed by atoms with Gasteiger partial charge in [0.25, 0.3) is 10.0 Å². The monoisotopic (exact) mass is 691 g/mol. The van der Waals surface area contributed by atoms with Crippen LogP contribution in [0.1, 0.15) is 48.8 Å². The number of benzene rings is 4. The first-order valence-corrected chi connectivity index (χ1v) is 18.0. The number of anilines is 1. The first-order valence-electron chi connectivity index (χ1n) is 15.8. The summed E-state index contributed by atoms with van der Waals surface area (Å²) in [7, 11) is -4.29. The lowest BCUT2D eigenvalue weighted by atomic mass is 9.94. The molecular formula is C37H39Cl2N3O4S. The maximum atomic E-state index is 14.7. The van der Waals surface area contributed by atoms with Gasteiger partial charge in [0.15, 0.2) is 0 Å². The van der Waals surface area contributed by atoms with E-state index in [0.717, 1.165) is 53.1 Å². The summed E-state index contributed by atoms with van der Waals surface area (Å²) >= 11 is 12.9. The van der Waals surface area contributed by atoms with Crippen molar-refractivity contribution in [3.05, 3.63) is 130 Å². The van der Waals surface area contributed by atoms with Crippen molar-refractivity contribution in [3.8, 4) is 0 Å². The van der Waals surface area contributed by atoms with E-state index >= 15 is 0 Å². The van der Waals surface area contributed by atoms with E-state index in [1.807, 2.05) is 61.5 Å². The molecule has 0 spiro atoms. The Morgan fingerprint density at radius 2 is 1.47 bits per heavy atom. The van der Waals surface area contributed by atoms with Crippen LogP contribution in [0.4, 0.5) is 5.69 Å². The fourth-order valence-electron chi connectivity index (χ4n) is 5.99. The van der Waals surface area contributed by atoms with E-state index in [1.165, 1.54) is 23.1 Å². The number of carbonyl (C=O) groups is 2. The Hall–Kier alpha value is -3.85. The van der Waals surface area contributed by atoms with Gasteiger partial charge in [-0.05, 0) is 60.7 Å². The smallest absolute Gasteiger partial charge is 0.264 e. The highest BCUT2D eigenvalue weighted by Crippen LogP contribution is 2.35. The zero-order valence-corrected chi connectivity index (χ0v) is 28.6. The molecule has 1 saturated carbocycles. The van der Waals surface area contributed by atoms with Crippen molar-refractivity contribution >= 4 is 50.7 Å². The Morgan fingerprint density at radius 1 is 0.830 bits per heavy atom. The summed E-state index contributed by atoms with van der Waals surface area (Å²) in [5.41, 5.74) is 2.75. The normalized spacial score (nSPS) is 14.3. The van der Waals surface area contributed by atoms with Gasteiger partial charge in [-0.2, -0.15) is 0 Å². The number of aryl methyl sites for hydroxylation is 1. The topological polar surface area (TPSA) is 86.8 Å². The van der Waals surface area contributed by atoms with Crippen molar-refractivity contribution in [2.24, 2.45) is 0 Å². The van der Waals surface area contributed by atoms with E-state index in [0.29, 0.717) is 0 Å². The van der Waals surface area contributed by atoms with Crippen molar-refractivity contribution in [2.75, 3.05) is 10.8 Å². The second-order valence-electron chi connectivity index (χ2n) is 11.9. The van der Waals surface area contributed by atoms with Crippen LogP contribution in [0.15, 0.2) is 108 Å². The average Bonchev–Trinajstić information content (AvgIpc) is 3.08. The molecule has 1 aliphatic rings. The van der Waals surface area contributed by atoms with Crippen LogP contribution in [-0.4, -0.2) is 43.8 Å². The number of halogens is 2. The largest absolute Gasteiger partial charge is 0.352 e. The van der Waals surface area contributed by atoms with Crippen LogP contribution < -0.4 is 9.62 Å². The number of nitrogens with one attached hydrogen (secondary N) is 1. The molecule has 1 N–H and O–H groups in total. The maximum Gasteiger partial charge on any atom is 0.264 e. The van der Waals surface area contributed by atoms with Crippen LogP contribution in [0.25, 0.3) is 0 Å². The zero-order chi connectivity index (χ0) is 33.4. The third-order valence-electron chi connectivity index (χ3n) is 8.63. The number of nitrogens with zero attached hydrogens (tertiary/aromatic N) is 2. The number of amides is 2. The minimum Gasteiger partial charge on any atom is -0.352 e. The Bertz CT molecular complexity index is 1780. The zero-order valence-electron chi connectivity index (χ0n) is 26.3. The molecule has 1 aliphatic carbocycles. The van der Waals surface area contributed by atoms with Gasteiger partial charge < -0.3 is 10.2 Å². The summed E-state index contributed by atoms with van der Waals surface area (Å²) in [5, 5.41) is 3.38. The molecule has 0 saturated heterocycles. The molecule has 7 nitrogen and oxygen atoms in total. The lowest BCUT2D eigenvalue weighted by Gasteiger charge is -2.35. The SMILES string of the molecule is Cc1ccccc1CN(C(=O)CN(c1cccc(Cl)c1Cl)S(=O)(=O)c1ccccc1)C(Cc1ccccc1)C(=O)NC1CCCCC1. The number of hydrogen-bond donors (Lipinski definition) is 1. The predicted molar refractivity (Wildman–Crippen MR) is 188 cm³/mol. The third kappa shape index (κ3) is 8.55. The fourth-order valence-corrected chi connectivity index (χ4v) is 7.88. The molecule has 0 heterocycles. The molecule has 5 rings (SSSR count). The van der Waals surface area contributed by atoms with E-state index in [4.69, 9.17) is 23.2 Å². The van der Waals surface area contributed by atoms with Crippen LogP contribution in [0.2, 0.25) is 10.0 Å². The molecule has 2 amide bonds. The molecule has 246 valence electrons. The van der Waals surface area contributed by atoms with E-state index in [-0.39, 0.29) is 45.5 Å². The van der Waals surface area contributed by atoms with Crippen molar-refractivity contribution in [3.63, 3.8) is 0 Å². The molecule has 1 unspecified atom stereocenters. The van der Waals surface area contributed by atoms with E-state index in [9.17, 15) is 18.0 Å². The molecule has 0 aromatic heterocycles. The number of sulfonamides is 1. The second-order valence-corrected chi connectivity index (χ2v) is 14.5. The first kappa shape index (κ1) is 34.5. The highest BCUT2D eigenvalue weighted by atomic mass is 35.5. The van der Waals surface area contributed by atoms with Gasteiger partial charge in [-0.3, -0.25) is 13.9 Å². The van der Waals surface area contributed by atoms with Crippen LogP contribution in [0.5, 0.6) is 0 Å². The lowest BCUT2D eigenvalue weighted by Crippen LogP contribution is -2.55. The van der Waals surface area contributed by atoms with Gasteiger partial charge in [0, 0.05) is 19.0 Å². The minimum absolute atomic E-state index is 0.00260. The Labute approximate surface area is 287 Å². The summed E-state index contributed by atoms with van der Waals surface area (Å²) in [4.78, 5) is 30.4. The number of rotatable bonds is 12. The molecule has 1 fully saturated rings. The third-order valence-corrected chi connectivity index (χ3v) is 11.2. The van der Waals surface area contributed by atoms with Crippen LogP contribution in [-0.2, 0) is 32.6 Å². The predicted octanol–water partition coefficient (Wildman–Crippen LogP) is 7.59. The van der Waals surface area contributed by atoms with Gasteiger partial charge in [-0.1, -0.05) is 121 Å². The van der Waals surface area contributed by atoms with Gasteiger partial charge in [0.2, 0.25) is 11.8 Å². The maximum absolute atomic E-state index is 14.7. The van der Waals surface area contributed by atoms with Crippen LogP contribution >= 0.6 is 23.2 Å². The van der Waals surface area contributed by atoms with E-state index in [2.05, 4.69) is 5.32 Å². The molecule has 47 heavy (non-hydrogen) atoms. The van der Waals surface area contributed by atoms with Crippen molar-refractivity contribution < 1.29 is 18.0 Å². The van der Waals surface area contributed by atoms with Gasteiger partial charge >= 0.3 is 0 Å². The van der Waals surface area contributed by atoms with Crippen LogP contribution in [0, 0.1) is 6.92 Å². The minimum atomic E-state index is -4.29. The van der Waals surface area contributed by atoms with Crippen molar-refractivity contribution in [1.29, 1.82) is 0 Å². The van der Waals surface area contributed by atoms with Gasteiger partial charge in [-0.25, -0.2) is 8.42 Å². The van der Waals surface area contributed by atoms with Gasteiger partial charge in [0.1, 0.15) is 12.6 Å². The highest BCUT2D eigenvalue weighted by molar-refractivity contribution is 7.92. The summed E-state index contributed by atoms with van der Waals surface area (Å²) in [5.74, 6) is -0.815. The molecule has 0 radical (unpaired) electrons. The molecule has 4 aromatic carbocycles. The Kier molecular flexibility index (Phi) is 11.6. The van der Waals surface area contributed by atoms with E-state index < -0.39 is 28.5 Å². The fraction of sp³-hybridized carbons (Fsp3) is 0.297. The van der Waals surface area contributed by atoms with Crippen LogP contribution in [0.3, 0.4) is 0 Å². The summed E-state index contributed by atoms with van der Waals surface area (Å²) in [6.07, 6.45) is 5.22. The van der Waals surface area contributed by atoms with Crippen molar-refractivity contribution in [1.82, 2.24) is 10.2 Å². The Balaban J connectivity index is 1.59. The summed E-state index contributed by atoms with van der Waals surface area (Å²) in [6.45, 7) is 1.44. The number of hydrogen-bond acceptors (Lipinski definition) is 4. The molecule has 4 aromatic rings. The molecule has 10 heteroatoms. The molecule has 1 atom stereocenters. The second kappa shape index (κ2) is 15.8. The Morgan fingerprint density at radius 3 is 2.15 bits per heavy atom. The van der Waals surface area contributed by atoms with Gasteiger partial charge in [0.05, 0.1) is 20.6 Å². The highest BCUT2D eigenvalue weighted by Gasteiger charge is 2.36. The first-order chi connectivity index (χ1) is 22.6. The summed E-state index contributed by atoms with van der Waals surface area (Å²) < 4.78 is 29.4. The molecule has 0 bridgehead atoms. The number of carbonyl (C=O) groups excluding carboxylic acids is 2. The lowest BCUT2D eigenvalue weighted by molar-refractivity contribution is -0.140. The molecular weight excluding hydrogens is 653 g/mol.